The van der Waals surface area contributed by atoms with Crippen molar-refractivity contribution >= 4 is 53.3 Å². The van der Waals surface area contributed by atoms with Gasteiger partial charge in [0.25, 0.3) is 0 Å². The minimum absolute atomic E-state index is 0. The van der Waals surface area contributed by atoms with Crippen molar-refractivity contribution in [1.82, 2.24) is 25.1 Å². The quantitative estimate of drug-likeness (QED) is 0.0572. The van der Waals surface area contributed by atoms with E-state index in [0.717, 1.165) is 21.8 Å². The Hall–Kier alpha value is -3.25. The average Bonchev–Trinajstić information content (AvgIpc) is 3.61. The molecule has 16 nitrogen and oxygen atoms in total. The summed E-state index contributed by atoms with van der Waals surface area (Å²) in [5, 5.41) is 43.8. The van der Waals surface area contributed by atoms with Gasteiger partial charge >= 0.3 is 71.4 Å². The number of fused-ring (bicyclic) bond motifs is 2. The summed E-state index contributed by atoms with van der Waals surface area (Å²) in [6, 6.07) is 11.5. The van der Waals surface area contributed by atoms with Crippen molar-refractivity contribution in [3.8, 4) is 0 Å². The molecular formula is C31H38GdN5O11P+3. The van der Waals surface area contributed by atoms with Gasteiger partial charge in [0.2, 0.25) is 0 Å². The number of hydrogen-bond acceptors (Lipinski definition) is 8. The van der Waals surface area contributed by atoms with Crippen LogP contribution in [0.5, 0.6) is 0 Å². The first-order valence-electron chi connectivity index (χ1n) is 15.0. The third-order valence-corrected chi connectivity index (χ3v) is 8.90. The van der Waals surface area contributed by atoms with Gasteiger partial charge < -0.3 is 45.5 Å². The van der Waals surface area contributed by atoms with Crippen molar-refractivity contribution in [2.45, 2.75) is 24.9 Å². The molecule has 263 valence electrons. The summed E-state index contributed by atoms with van der Waals surface area (Å²) in [6.45, 7) is -1.45. The number of aliphatic carboxylic acids is 4. The molecule has 0 saturated carbocycles. The zero-order valence-electron chi connectivity index (χ0n) is 26.1. The normalized spacial score (nSPS) is 13.7. The molecule has 0 saturated heterocycles. The molecule has 0 bridgehead atoms. The van der Waals surface area contributed by atoms with Gasteiger partial charge in [0.05, 0.1) is 12.5 Å². The smallest absolute Gasteiger partial charge is 0.481 e. The van der Waals surface area contributed by atoms with Gasteiger partial charge in [0.15, 0.2) is 0 Å². The number of rotatable bonds is 20. The number of hydrogen-bond donors (Lipinski definition) is 9. The number of carboxylic acids is 4. The fourth-order valence-electron chi connectivity index (χ4n) is 5.85. The van der Waals surface area contributed by atoms with Crippen LogP contribution in [0.15, 0.2) is 60.9 Å². The summed E-state index contributed by atoms with van der Waals surface area (Å²) >= 11 is 0. The van der Waals surface area contributed by atoms with Gasteiger partial charge in [-0.1, -0.05) is 36.4 Å². The fourth-order valence-corrected chi connectivity index (χ4v) is 6.65. The number of benzene rings is 2. The molecule has 0 amide bonds. The Balaban J connectivity index is 0.00000650. The molecule has 4 aromatic rings. The van der Waals surface area contributed by atoms with Gasteiger partial charge in [-0.3, -0.25) is 33.5 Å². The van der Waals surface area contributed by atoms with Crippen molar-refractivity contribution in [1.29, 1.82) is 0 Å². The van der Waals surface area contributed by atoms with Crippen LogP contribution in [0.25, 0.3) is 21.8 Å². The summed E-state index contributed by atoms with van der Waals surface area (Å²) in [5.74, 6) is -6.78. The Morgan fingerprint density at radius 2 is 1.31 bits per heavy atom. The van der Waals surface area contributed by atoms with Gasteiger partial charge in [-0.2, -0.15) is 0 Å². The molecule has 49 heavy (non-hydrogen) atoms. The van der Waals surface area contributed by atoms with Gasteiger partial charge in [-0.15, -0.1) is 0 Å². The van der Waals surface area contributed by atoms with Gasteiger partial charge in [-0.05, 0) is 29.7 Å². The number of carbonyl (C=O) groups is 4. The number of para-hydroxylation sites is 2. The van der Waals surface area contributed by atoms with E-state index < -0.39 is 62.3 Å². The number of carboxylic acid groups (broad SMARTS) is 4. The van der Waals surface area contributed by atoms with Crippen LogP contribution < -0.4 is 5.32 Å². The van der Waals surface area contributed by atoms with Crippen molar-refractivity contribution in [2.75, 3.05) is 39.0 Å². The van der Waals surface area contributed by atoms with E-state index in [0.29, 0.717) is 11.1 Å². The topological polar surface area (TPSA) is 257 Å². The zero-order chi connectivity index (χ0) is 35.0. The van der Waals surface area contributed by atoms with Crippen LogP contribution in [0.2, 0.25) is 0 Å². The first kappa shape index (κ1) is 40.2. The van der Waals surface area contributed by atoms with Crippen LogP contribution in [-0.4, -0.2) is 125 Å². The summed E-state index contributed by atoms with van der Waals surface area (Å²) < 4.78 is 12.0. The molecular weight excluding hydrogens is 807 g/mol. The van der Waals surface area contributed by atoms with Crippen molar-refractivity contribution in [3.05, 3.63) is 72.1 Å². The third-order valence-electron chi connectivity index (χ3n) is 8.13. The number of nitrogens with one attached hydrogen (secondary N) is 3. The Morgan fingerprint density at radius 1 is 0.755 bits per heavy atom. The number of aromatic nitrogens is 2. The second-order valence-electron chi connectivity index (χ2n) is 11.5. The van der Waals surface area contributed by atoms with Crippen LogP contribution in [0.1, 0.15) is 11.1 Å². The molecule has 2 aromatic carbocycles. The molecule has 1 unspecified atom stereocenters. The zero-order valence-corrected chi connectivity index (χ0v) is 29.2. The standard InChI is InChI=1S/C31H38N5O11P.Gd/c37-27(38)17-36(26(30(41)42)14-20-16-34-25-8-4-2-6-22(20)25)12-11-35(18-48(45,46)47)10-9-32-28(31(43)44)23(29(39)40)13-19-15-33-24-7-3-1-5-21(19)24;/h1-8,15-16,23,26,28,32-34H,9-14,17-18H2,(H,37,38)(H,39,40)(H,41,42)(H,43,44)(H2,45,46,47);/q;+3/t23?,26-,28-;/m1./s1. The van der Waals surface area contributed by atoms with Crippen LogP contribution in [-0.2, 0) is 36.6 Å². The van der Waals surface area contributed by atoms with Crippen molar-refractivity contribution in [3.63, 3.8) is 0 Å². The van der Waals surface area contributed by atoms with E-state index in [1.54, 1.807) is 48.8 Å². The fraction of sp³-hybridized carbons (Fsp3) is 0.355. The Labute approximate surface area is 312 Å². The maximum atomic E-state index is 12.4. The van der Waals surface area contributed by atoms with E-state index in [-0.39, 0.29) is 79.0 Å². The second kappa shape index (κ2) is 18.1. The van der Waals surface area contributed by atoms with E-state index in [1.165, 1.54) is 9.80 Å². The molecule has 2 heterocycles. The van der Waals surface area contributed by atoms with Crippen LogP contribution in [0.3, 0.4) is 0 Å². The molecule has 9 N–H and O–H groups in total. The second-order valence-corrected chi connectivity index (χ2v) is 13.1. The van der Waals surface area contributed by atoms with Gasteiger partial charge in [-0.25, -0.2) is 0 Å². The predicted octanol–water partition coefficient (Wildman–Crippen LogP) is 1.46. The maximum absolute atomic E-state index is 12.4. The van der Waals surface area contributed by atoms with Crippen LogP contribution >= 0.6 is 7.60 Å². The van der Waals surface area contributed by atoms with E-state index in [1.807, 2.05) is 12.1 Å². The molecule has 3 atom stereocenters. The molecule has 0 fully saturated rings. The molecule has 1 radical (unpaired) electrons. The van der Waals surface area contributed by atoms with E-state index in [2.05, 4.69) is 15.3 Å². The minimum Gasteiger partial charge on any atom is -0.481 e. The summed E-state index contributed by atoms with van der Waals surface area (Å²) in [4.78, 5) is 76.5. The van der Waals surface area contributed by atoms with E-state index >= 15 is 0 Å². The molecule has 18 heteroatoms. The Kier molecular flexibility index (Phi) is 14.9. The number of H-pyrrole nitrogens is 2. The number of aromatic amines is 2. The van der Waals surface area contributed by atoms with E-state index in [4.69, 9.17) is 0 Å². The molecule has 2 aromatic heterocycles. The molecule has 0 aliphatic rings. The number of nitrogens with zero attached hydrogens (tertiary/aromatic N) is 2. The Bertz CT molecular complexity index is 1810. The molecule has 0 aliphatic carbocycles. The first-order valence-corrected chi connectivity index (χ1v) is 16.8. The van der Waals surface area contributed by atoms with Crippen molar-refractivity contribution in [2.24, 2.45) is 5.92 Å². The SMILES string of the molecule is O=C(O)CN(CCN(CCN[C@@H](C(=O)O)C(Cc1c[nH]c2ccccc12)C(=O)O)CP(=O)(O)O)[C@H](Cc1c[nH]c2ccccc12)C(=O)O.[Gd+3]. The Morgan fingerprint density at radius 3 is 1.80 bits per heavy atom. The minimum atomic E-state index is -4.68. The third kappa shape index (κ3) is 11.4. The average molecular weight is 845 g/mol. The summed E-state index contributed by atoms with van der Waals surface area (Å²) in [6.07, 6.45) is 2.30. The predicted molar refractivity (Wildman–Crippen MR) is 174 cm³/mol. The van der Waals surface area contributed by atoms with Crippen molar-refractivity contribution < 1.29 is 93.9 Å². The van der Waals surface area contributed by atoms with E-state index in [9.17, 15) is 54.0 Å². The maximum Gasteiger partial charge on any atom is 3.00 e. The molecule has 4 rings (SSSR count). The monoisotopic (exact) mass is 845 g/mol. The largest absolute Gasteiger partial charge is 3.00 e. The molecule has 0 aliphatic heterocycles. The van der Waals surface area contributed by atoms with Crippen LogP contribution in [0.4, 0.5) is 0 Å². The first-order chi connectivity index (χ1) is 22.7. The summed E-state index contributed by atoms with van der Waals surface area (Å²) in [7, 11) is -4.68. The van der Waals surface area contributed by atoms with Gasteiger partial charge in [0.1, 0.15) is 18.4 Å². The van der Waals surface area contributed by atoms with Crippen LogP contribution in [0, 0.1) is 45.9 Å². The molecule has 0 spiro atoms. The van der Waals surface area contributed by atoms with Gasteiger partial charge in [0, 0.05) is 66.8 Å². The summed E-state index contributed by atoms with van der Waals surface area (Å²) in [5.41, 5.74) is 2.78.